The van der Waals surface area contributed by atoms with Gasteiger partial charge in [0.25, 0.3) is 0 Å². The zero-order valence-corrected chi connectivity index (χ0v) is 9.84. The van der Waals surface area contributed by atoms with Gasteiger partial charge in [-0.3, -0.25) is 4.68 Å². The number of thiophene rings is 1. The van der Waals surface area contributed by atoms with Gasteiger partial charge in [-0.15, -0.1) is 11.3 Å². The van der Waals surface area contributed by atoms with Crippen LogP contribution >= 0.6 is 11.3 Å². The minimum atomic E-state index is 0.984. The number of nitrogens with one attached hydrogen (secondary N) is 1. The minimum absolute atomic E-state index is 0.984. The van der Waals surface area contributed by atoms with Crippen LogP contribution in [0.15, 0.2) is 23.7 Å². The molecule has 15 heavy (non-hydrogen) atoms. The van der Waals surface area contributed by atoms with E-state index in [0.717, 1.165) is 13.0 Å². The fourth-order valence-electron chi connectivity index (χ4n) is 1.64. The summed E-state index contributed by atoms with van der Waals surface area (Å²) in [4.78, 5) is 1.30. The zero-order chi connectivity index (χ0) is 10.7. The van der Waals surface area contributed by atoms with Crippen molar-refractivity contribution in [3.63, 3.8) is 0 Å². The molecule has 3 nitrogen and oxygen atoms in total. The Bertz CT molecular complexity index is 417. The van der Waals surface area contributed by atoms with Crippen LogP contribution in [0.4, 0.5) is 0 Å². The Hall–Kier alpha value is -1.13. The van der Waals surface area contributed by atoms with Gasteiger partial charge in [-0.25, -0.2) is 0 Å². The van der Waals surface area contributed by atoms with Crippen molar-refractivity contribution in [2.24, 2.45) is 7.05 Å². The van der Waals surface area contributed by atoms with Gasteiger partial charge in [0.15, 0.2) is 0 Å². The van der Waals surface area contributed by atoms with Crippen LogP contribution < -0.4 is 5.32 Å². The maximum Gasteiger partial charge on any atom is 0.0579 e. The highest BCUT2D eigenvalue weighted by atomic mass is 32.1. The molecule has 0 aliphatic carbocycles. The van der Waals surface area contributed by atoms with Gasteiger partial charge in [0.05, 0.1) is 6.20 Å². The molecule has 0 amide bonds. The third-order valence-corrected chi connectivity index (χ3v) is 3.36. The average Bonchev–Trinajstić information content (AvgIpc) is 2.84. The van der Waals surface area contributed by atoms with E-state index in [9.17, 15) is 0 Å². The van der Waals surface area contributed by atoms with Crippen LogP contribution in [0.3, 0.4) is 0 Å². The first-order valence-corrected chi connectivity index (χ1v) is 5.90. The van der Waals surface area contributed by atoms with Crippen molar-refractivity contribution in [2.75, 3.05) is 13.6 Å². The molecule has 0 aliphatic heterocycles. The van der Waals surface area contributed by atoms with Gasteiger partial charge in [-0.2, -0.15) is 5.10 Å². The Labute approximate surface area is 93.7 Å². The fraction of sp³-hybridized carbons (Fsp3) is 0.364. The highest BCUT2D eigenvalue weighted by Crippen LogP contribution is 2.27. The number of hydrogen-bond acceptors (Lipinski definition) is 3. The Morgan fingerprint density at radius 2 is 2.40 bits per heavy atom. The average molecular weight is 221 g/mol. The van der Waals surface area contributed by atoms with Gasteiger partial charge < -0.3 is 5.32 Å². The third kappa shape index (κ3) is 2.11. The summed E-state index contributed by atoms with van der Waals surface area (Å²) in [7, 11) is 3.98. The molecule has 4 heteroatoms. The highest BCUT2D eigenvalue weighted by Gasteiger charge is 2.10. The van der Waals surface area contributed by atoms with Crippen LogP contribution in [0.1, 0.15) is 5.69 Å². The number of nitrogens with zero attached hydrogens (tertiary/aromatic N) is 2. The lowest BCUT2D eigenvalue weighted by molar-refractivity contribution is 0.682. The summed E-state index contributed by atoms with van der Waals surface area (Å²) in [6, 6.07) is 4.22. The van der Waals surface area contributed by atoms with E-state index in [4.69, 9.17) is 0 Å². The molecule has 0 unspecified atom stereocenters. The molecule has 0 aromatic carbocycles. The summed E-state index contributed by atoms with van der Waals surface area (Å²) in [6.45, 7) is 0.984. The number of hydrogen-bond donors (Lipinski definition) is 1. The number of rotatable bonds is 4. The highest BCUT2D eigenvalue weighted by molar-refractivity contribution is 7.13. The second-order valence-electron chi connectivity index (χ2n) is 3.46. The predicted molar refractivity (Wildman–Crippen MR) is 64.2 cm³/mol. The molecular formula is C11H15N3S. The molecule has 1 N–H and O–H groups in total. The molecule has 0 radical (unpaired) electrons. The second kappa shape index (κ2) is 4.59. The van der Waals surface area contributed by atoms with E-state index in [0.29, 0.717) is 0 Å². The van der Waals surface area contributed by atoms with Crippen LogP contribution in [-0.2, 0) is 13.5 Å². The van der Waals surface area contributed by atoms with Gasteiger partial charge in [0.2, 0.25) is 0 Å². The molecule has 0 aliphatic rings. The second-order valence-corrected chi connectivity index (χ2v) is 4.41. The summed E-state index contributed by atoms with van der Waals surface area (Å²) in [5.74, 6) is 0. The van der Waals surface area contributed by atoms with Gasteiger partial charge >= 0.3 is 0 Å². The van der Waals surface area contributed by atoms with E-state index in [-0.39, 0.29) is 0 Å². The van der Waals surface area contributed by atoms with Crippen molar-refractivity contribution < 1.29 is 0 Å². The van der Waals surface area contributed by atoms with Crippen LogP contribution in [0.2, 0.25) is 0 Å². The lowest BCUT2D eigenvalue weighted by Gasteiger charge is -2.04. The zero-order valence-electron chi connectivity index (χ0n) is 9.03. The van der Waals surface area contributed by atoms with Gasteiger partial charge in [0.1, 0.15) is 0 Å². The first-order chi connectivity index (χ1) is 7.33. The fourth-order valence-corrected chi connectivity index (χ4v) is 2.40. The molecule has 2 rings (SSSR count). The van der Waals surface area contributed by atoms with Crippen molar-refractivity contribution in [2.45, 2.75) is 6.42 Å². The Morgan fingerprint density at radius 3 is 3.07 bits per heavy atom. The van der Waals surface area contributed by atoms with Gasteiger partial charge in [-0.1, -0.05) is 6.07 Å². The SMILES string of the molecule is CNCCc1c(-c2cccs2)cnn1C. The maximum absolute atomic E-state index is 4.32. The Balaban J connectivity index is 2.31. The van der Waals surface area contributed by atoms with Gasteiger partial charge in [0, 0.05) is 36.1 Å². The van der Waals surface area contributed by atoms with Crippen molar-refractivity contribution >= 4 is 11.3 Å². The molecule has 0 atom stereocenters. The predicted octanol–water partition coefficient (Wildman–Crippen LogP) is 1.91. The van der Waals surface area contributed by atoms with Crippen LogP contribution in [-0.4, -0.2) is 23.4 Å². The Morgan fingerprint density at radius 1 is 1.53 bits per heavy atom. The maximum atomic E-state index is 4.32. The van der Waals surface area contributed by atoms with Crippen LogP contribution in [0.25, 0.3) is 10.4 Å². The van der Waals surface area contributed by atoms with Crippen LogP contribution in [0.5, 0.6) is 0 Å². The summed E-state index contributed by atoms with van der Waals surface area (Å²) < 4.78 is 1.96. The Kier molecular flexibility index (Phi) is 3.18. The number of aryl methyl sites for hydroxylation is 1. The van der Waals surface area contributed by atoms with Crippen molar-refractivity contribution in [3.8, 4) is 10.4 Å². The van der Waals surface area contributed by atoms with E-state index in [1.54, 1.807) is 11.3 Å². The summed E-state index contributed by atoms with van der Waals surface area (Å²) >= 11 is 1.76. The first kappa shape index (κ1) is 10.4. The van der Waals surface area contributed by atoms with E-state index >= 15 is 0 Å². The summed E-state index contributed by atoms with van der Waals surface area (Å²) in [6.07, 6.45) is 2.97. The molecule has 80 valence electrons. The monoisotopic (exact) mass is 221 g/mol. The van der Waals surface area contributed by atoms with Crippen LogP contribution in [0, 0.1) is 0 Å². The number of aromatic nitrogens is 2. The summed E-state index contributed by atoms with van der Waals surface area (Å²) in [5, 5.41) is 9.59. The van der Waals surface area contributed by atoms with Crippen molar-refractivity contribution in [3.05, 3.63) is 29.4 Å². The van der Waals surface area contributed by atoms with Gasteiger partial charge in [-0.05, 0) is 18.5 Å². The largest absolute Gasteiger partial charge is 0.319 e. The molecule has 2 heterocycles. The van der Waals surface area contributed by atoms with E-state index < -0.39 is 0 Å². The van der Waals surface area contributed by atoms with Crippen molar-refractivity contribution in [1.82, 2.24) is 15.1 Å². The molecule has 0 fully saturated rings. The van der Waals surface area contributed by atoms with Crippen molar-refractivity contribution in [1.29, 1.82) is 0 Å². The molecule has 0 saturated carbocycles. The molecule has 0 spiro atoms. The topological polar surface area (TPSA) is 29.9 Å². The number of likely N-dealkylation sites (N-methyl/N-ethyl adjacent to an activating group) is 1. The van der Waals surface area contributed by atoms with E-state index in [2.05, 4.69) is 27.9 Å². The van der Waals surface area contributed by atoms with E-state index in [1.807, 2.05) is 25.0 Å². The molecule has 0 bridgehead atoms. The standard InChI is InChI=1S/C11H15N3S/c1-12-6-5-10-9(8-13-14(10)2)11-4-3-7-15-11/h3-4,7-8,12H,5-6H2,1-2H3. The molecular weight excluding hydrogens is 206 g/mol. The summed E-state index contributed by atoms with van der Waals surface area (Å²) in [5.41, 5.74) is 2.56. The quantitative estimate of drug-likeness (QED) is 0.854. The minimum Gasteiger partial charge on any atom is -0.319 e. The lowest BCUT2D eigenvalue weighted by Crippen LogP contribution is -2.13. The molecule has 2 aromatic rings. The normalized spacial score (nSPS) is 10.8. The third-order valence-electron chi connectivity index (χ3n) is 2.46. The smallest absolute Gasteiger partial charge is 0.0579 e. The van der Waals surface area contributed by atoms with E-state index in [1.165, 1.54) is 16.1 Å². The first-order valence-electron chi connectivity index (χ1n) is 5.02. The molecule has 2 aromatic heterocycles. The molecule has 0 saturated heterocycles. The lowest BCUT2D eigenvalue weighted by atomic mass is 10.1.